The van der Waals surface area contributed by atoms with Gasteiger partial charge in [-0.25, -0.2) is 4.79 Å². The van der Waals surface area contributed by atoms with Crippen LogP contribution in [0.2, 0.25) is 0 Å². The molecule has 0 bridgehead atoms. The van der Waals surface area contributed by atoms with Gasteiger partial charge >= 0.3 is 5.97 Å². The first-order chi connectivity index (χ1) is 15.4. The second kappa shape index (κ2) is 7.57. The van der Waals surface area contributed by atoms with Crippen LogP contribution in [-0.4, -0.2) is 24.1 Å². The van der Waals surface area contributed by atoms with Crippen molar-refractivity contribution in [2.45, 2.75) is 25.9 Å². The van der Waals surface area contributed by atoms with Crippen LogP contribution >= 0.6 is 11.3 Å². The predicted molar refractivity (Wildman–Crippen MR) is 121 cm³/mol. The lowest BCUT2D eigenvalue weighted by Crippen LogP contribution is -2.22. The van der Waals surface area contributed by atoms with Crippen molar-refractivity contribution in [1.29, 1.82) is 0 Å². The zero-order chi connectivity index (χ0) is 22.5. The molecular formula is C26H20O5S. The minimum atomic E-state index is -0.803. The molecule has 2 heterocycles. The monoisotopic (exact) mass is 444 g/mol. The van der Waals surface area contributed by atoms with Gasteiger partial charge in [0.15, 0.2) is 5.76 Å². The molecule has 3 aromatic rings. The van der Waals surface area contributed by atoms with E-state index in [0.717, 1.165) is 16.9 Å². The summed E-state index contributed by atoms with van der Waals surface area (Å²) in [5.41, 5.74) is 1.81. The summed E-state index contributed by atoms with van der Waals surface area (Å²) < 4.78 is 11.4. The average molecular weight is 445 g/mol. The molecule has 0 N–H and O–H groups in total. The highest BCUT2D eigenvalue weighted by atomic mass is 32.1. The van der Waals surface area contributed by atoms with E-state index in [1.165, 1.54) is 0 Å². The Bertz CT molecular complexity index is 1290. The number of thiophene rings is 1. The number of esters is 1. The number of ketones is 2. The normalized spacial score (nSPS) is 19.4. The molecule has 0 spiro atoms. The molecule has 5 rings (SSSR count). The van der Waals surface area contributed by atoms with Crippen molar-refractivity contribution >= 4 is 28.9 Å². The molecule has 6 heteroatoms. The molecule has 32 heavy (non-hydrogen) atoms. The van der Waals surface area contributed by atoms with Gasteiger partial charge in [-0.1, -0.05) is 60.7 Å². The lowest BCUT2D eigenvalue weighted by Gasteiger charge is -2.25. The Balaban J connectivity index is 1.64. The van der Waals surface area contributed by atoms with Crippen LogP contribution < -0.4 is 0 Å². The largest absolute Gasteiger partial charge is 0.478 e. The number of rotatable bonds is 4. The van der Waals surface area contributed by atoms with Gasteiger partial charge in [-0.05, 0) is 25.0 Å². The molecule has 0 saturated carbocycles. The summed E-state index contributed by atoms with van der Waals surface area (Å²) in [5, 5.41) is 0. The van der Waals surface area contributed by atoms with Crippen LogP contribution in [0.4, 0.5) is 0 Å². The summed E-state index contributed by atoms with van der Waals surface area (Å²) in [6.07, 6.45) is 0.295. The maximum atomic E-state index is 13.7. The number of carbonyl (C=O) groups is 3. The highest BCUT2D eigenvalue weighted by Gasteiger charge is 2.49. The van der Waals surface area contributed by atoms with Crippen molar-refractivity contribution in [1.82, 2.24) is 0 Å². The fourth-order valence-corrected chi connectivity index (χ4v) is 5.52. The lowest BCUT2D eigenvalue weighted by molar-refractivity contribution is 0.0352. The summed E-state index contributed by atoms with van der Waals surface area (Å²) in [6, 6.07) is 18.7. The van der Waals surface area contributed by atoms with E-state index in [0.29, 0.717) is 23.1 Å². The molecule has 0 amide bonds. The molecule has 1 aliphatic carbocycles. The minimum absolute atomic E-state index is 0.0826. The number of hydrogen-bond acceptors (Lipinski definition) is 6. The minimum Gasteiger partial charge on any atom is -0.478 e. The molecule has 1 aliphatic heterocycles. The summed E-state index contributed by atoms with van der Waals surface area (Å²) in [5.74, 6) is -1.08. The van der Waals surface area contributed by atoms with E-state index >= 15 is 0 Å². The third-order valence-corrected chi connectivity index (χ3v) is 7.01. The van der Waals surface area contributed by atoms with Crippen LogP contribution in [0.15, 0.2) is 72.0 Å². The van der Waals surface area contributed by atoms with Crippen molar-refractivity contribution < 1.29 is 23.9 Å². The highest BCUT2D eigenvalue weighted by molar-refractivity contribution is 7.17. The summed E-state index contributed by atoms with van der Waals surface area (Å²) in [7, 11) is 0. The van der Waals surface area contributed by atoms with E-state index in [1.54, 1.807) is 6.92 Å². The fraction of sp³-hybridized carbons (Fsp3) is 0.192. The van der Waals surface area contributed by atoms with Crippen molar-refractivity contribution in [3.63, 3.8) is 0 Å². The van der Waals surface area contributed by atoms with Crippen LogP contribution in [0.3, 0.4) is 0 Å². The Morgan fingerprint density at radius 3 is 2.31 bits per heavy atom. The number of hydrogen-bond donors (Lipinski definition) is 0. The second-order valence-corrected chi connectivity index (χ2v) is 8.96. The number of carbonyl (C=O) groups excluding carboxylic acids is 3. The average Bonchev–Trinajstić information content (AvgIpc) is 3.39. The van der Waals surface area contributed by atoms with Crippen LogP contribution in [0.5, 0.6) is 0 Å². The topological polar surface area (TPSA) is 69.7 Å². The van der Waals surface area contributed by atoms with Gasteiger partial charge in [0.1, 0.15) is 10.5 Å². The number of benzene rings is 2. The van der Waals surface area contributed by atoms with E-state index in [-0.39, 0.29) is 39.3 Å². The van der Waals surface area contributed by atoms with Gasteiger partial charge in [0.2, 0.25) is 11.6 Å². The van der Waals surface area contributed by atoms with Crippen molar-refractivity contribution in [3.8, 4) is 11.1 Å². The molecule has 0 fully saturated rings. The maximum absolute atomic E-state index is 13.7. The van der Waals surface area contributed by atoms with Crippen LogP contribution in [0.1, 0.15) is 55.5 Å². The van der Waals surface area contributed by atoms with Gasteiger partial charge in [-0.2, -0.15) is 0 Å². The van der Waals surface area contributed by atoms with Crippen molar-refractivity contribution in [2.75, 3.05) is 6.61 Å². The molecule has 5 nitrogen and oxygen atoms in total. The smallest absolute Gasteiger partial charge is 0.348 e. The fourth-order valence-electron chi connectivity index (χ4n) is 4.34. The van der Waals surface area contributed by atoms with Crippen LogP contribution in [0, 0.1) is 0 Å². The van der Waals surface area contributed by atoms with Crippen molar-refractivity contribution in [3.05, 3.63) is 92.9 Å². The van der Waals surface area contributed by atoms with E-state index < -0.39 is 11.6 Å². The molecule has 1 atom stereocenters. The zero-order valence-corrected chi connectivity index (χ0v) is 18.5. The van der Waals surface area contributed by atoms with Gasteiger partial charge in [-0.3, -0.25) is 9.59 Å². The van der Waals surface area contributed by atoms with Gasteiger partial charge in [0, 0.05) is 12.0 Å². The second-order valence-electron chi connectivity index (χ2n) is 7.94. The summed E-state index contributed by atoms with van der Waals surface area (Å²) in [6.45, 7) is 3.81. The molecular weight excluding hydrogens is 424 g/mol. The third kappa shape index (κ3) is 3.02. The number of ether oxygens (including phenoxy) is 2. The van der Waals surface area contributed by atoms with E-state index in [4.69, 9.17) is 9.47 Å². The van der Waals surface area contributed by atoms with Crippen LogP contribution in [0.25, 0.3) is 11.1 Å². The molecule has 2 aromatic carbocycles. The van der Waals surface area contributed by atoms with E-state index in [2.05, 4.69) is 0 Å². The number of fused-ring (bicyclic) bond motifs is 1. The van der Waals surface area contributed by atoms with Gasteiger partial charge in [-0.15, -0.1) is 11.3 Å². The Labute approximate surface area is 189 Å². The number of allylic oxidation sites excluding steroid dienone is 1. The first kappa shape index (κ1) is 20.4. The first-order valence-corrected chi connectivity index (χ1v) is 11.2. The highest BCUT2D eigenvalue weighted by Crippen LogP contribution is 2.50. The molecule has 2 aliphatic rings. The number of Topliss-reactive ketones (excluding diaryl/α,β-unsaturated/α-hetero) is 2. The summed E-state index contributed by atoms with van der Waals surface area (Å²) >= 11 is 1.03. The quantitative estimate of drug-likeness (QED) is 0.493. The molecule has 160 valence electrons. The molecule has 0 saturated heterocycles. The van der Waals surface area contributed by atoms with Gasteiger partial charge in [0.25, 0.3) is 0 Å². The maximum Gasteiger partial charge on any atom is 0.348 e. The molecule has 1 unspecified atom stereocenters. The lowest BCUT2D eigenvalue weighted by atomic mass is 9.85. The summed E-state index contributed by atoms with van der Waals surface area (Å²) in [4.78, 5) is 40.4. The molecule has 0 radical (unpaired) electrons. The van der Waals surface area contributed by atoms with Crippen LogP contribution in [-0.2, 0) is 15.1 Å². The first-order valence-electron chi connectivity index (χ1n) is 10.4. The Morgan fingerprint density at radius 2 is 1.66 bits per heavy atom. The predicted octanol–water partition coefficient (Wildman–Crippen LogP) is 5.56. The Kier molecular flexibility index (Phi) is 4.82. The van der Waals surface area contributed by atoms with Gasteiger partial charge in [0.05, 0.1) is 22.6 Å². The Morgan fingerprint density at radius 1 is 1.00 bits per heavy atom. The Hall–Kier alpha value is -3.51. The van der Waals surface area contributed by atoms with E-state index in [1.807, 2.05) is 67.6 Å². The SMILES string of the molecule is CCOC(=O)c1sc2c(c1-c1ccccc1)C(=O)C1=C(CC(C)(c3ccccc3)O1)C2=O. The van der Waals surface area contributed by atoms with Gasteiger partial charge < -0.3 is 9.47 Å². The third-order valence-electron chi connectivity index (χ3n) is 5.85. The molecule has 1 aromatic heterocycles. The van der Waals surface area contributed by atoms with E-state index in [9.17, 15) is 14.4 Å². The zero-order valence-electron chi connectivity index (χ0n) is 17.6. The standard InChI is InChI=1S/C26H20O5S/c1-3-30-25(29)24-18(15-10-6-4-7-11-15)19-21(28)22-17(20(27)23(19)32-24)14-26(2,31-22)16-12-8-5-9-13-16/h4-13H,3,14H2,1-2H3. The van der Waals surface area contributed by atoms with Crippen molar-refractivity contribution in [2.24, 2.45) is 0 Å².